The number of esters is 1. The predicted molar refractivity (Wildman–Crippen MR) is 70.3 cm³/mol. The van der Waals surface area contributed by atoms with Gasteiger partial charge in [0.25, 0.3) is 0 Å². The topological polar surface area (TPSA) is 84.3 Å². The highest BCUT2D eigenvalue weighted by Gasteiger charge is 2.23. The first-order valence-electron chi connectivity index (χ1n) is 6.15. The maximum atomic E-state index is 11.6. The molecular weight excluding hydrogens is 270 g/mol. The van der Waals surface area contributed by atoms with Crippen LogP contribution in [0.15, 0.2) is 6.20 Å². The highest BCUT2D eigenvalue weighted by Crippen LogP contribution is 2.23. The van der Waals surface area contributed by atoms with Crippen molar-refractivity contribution < 1.29 is 14.6 Å². The van der Waals surface area contributed by atoms with E-state index in [-0.39, 0.29) is 23.0 Å². The number of methoxy groups -OCH3 is 1. The van der Waals surface area contributed by atoms with Gasteiger partial charge in [-0.1, -0.05) is 0 Å². The summed E-state index contributed by atoms with van der Waals surface area (Å²) in [6, 6.07) is 0.0677. The third kappa shape index (κ3) is 3.54. The van der Waals surface area contributed by atoms with E-state index in [0.29, 0.717) is 12.2 Å². The Hall–Kier alpha value is -1.40. The number of hydrogen-bond acceptors (Lipinski definition) is 6. The Morgan fingerprint density at radius 1 is 1.58 bits per heavy atom. The van der Waals surface area contributed by atoms with E-state index >= 15 is 0 Å². The molecule has 104 valence electrons. The summed E-state index contributed by atoms with van der Waals surface area (Å²) < 4.78 is 4.68. The molecule has 6 nitrogen and oxygen atoms in total. The zero-order valence-corrected chi connectivity index (χ0v) is 11.4. The number of carbonyl (C=O) groups is 1. The molecule has 0 radical (unpaired) electrons. The lowest BCUT2D eigenvalue weighted by molar-refractivity contribution is 0.0601. The quantitative estimate of drug-likeness (QED) is 0.649. The molecule has 0 aliphatic heterocycles. The molecule has 0 bridgehead atoms. The molecule has 2 rings (SSSR count). The fourth-order valence-electron chi connectivity index (χ4n) is 2.22. The Balaban J connectivity index is 2.18. The number of ether oxygens (including phenoxy) is 1. The maximum absolute atomic E-state index is 11.6. The normalized spacial score (nSPS) is 22.9. The van der Waals surface area contributed by atoms with Crippen molar-refractivity contribution in [1.29, 1.82) is 0 Å². The molecule has 1 fully saturated rings. The van der Waals surface area contributed by atoms with Crippen LogP contribution >= 0.6 is 11.6 Å². The molecule has 2 atom stereocenters. The van der Waals surface area contributed by atoms with Gasteiger partial charge in [0.2, 0.25) is 5.28 Å². The van der Waals surface area contributed by atoms with Crippen molar-refractivity contribution >= 4 is 23.4 Å². The third-order valence-electron chi connectivity index (χ3n) is 3.15. The van der Waals surface area contributed by atoms with Crippen LogP contribution in [0, 0.1) is 0 Å². The van der Waals surface area contributed by atoms with Gasteiger partial charge >= 0.3 is 5.97 Å². The smallest absolute Gasteiger partial charge is 0.343 e. The van der Waals surface area contributed by atoms with Crippen molar-refractivity contribution in [1.82, 2.24) is 9.97 Å². The van der Waals surface area contributed by atoms with Gasteiger partial charge in [-0.3, -0.25) is 0 Å². The molecule has 1 heterocycles. The molecule has 0 saturated heterocycles. The summed E-state index contributed by atoms with van der Waals surface area (Å²) in [5, 5.41) is 12.8. The Morgan fingerprint density at radius 2 is 2.37 bits per heavy atom. The van der Waals surface area contributed by atoms with E-state index in [1.807, 2.05) is 0 Å². The second-order valence-electron chi connectivity index (χ2n) is 4.55. The summed E-state index contributed by atoms with van der Waals surface area (Å²) in [5.74, 6) is -0.165. The Morgan fingerprint density at radius 3 is 3.05 bits per heavy atom. The fraction of sp³-hybridized carbons (Fsp3) is 0.583. The lowest BCUT2D eigenvalue weighted by Gasteiger charge is -2.27. The molecule has 1 aromatic heterocycles. The number of carbonyl (C=O) groups excluding carboxylic acids is 1. The van der Waals surface area contributed by atoms with E-state index in [9.17, 15) is 9.90 Å². The summed E-state index contributed by atoms with van der Waals surface area (Å²) in [4.78, 5) is 19.4. The highest BCUT2D eigenvalue weighted by atomic mass is 35.5. The van der Waals surface area contributed by atoms with Gasteiger partial charge in [0, 0.05) is 12.2 Å². The molecule has 0 spiro atoms. The molecule has 0 unspecified atom stereocenters. The van der Waals surface area contributed by atoms with Crippen LogP contribution in [-0.2, 0) is 4.74 Å². The molecular formula is C12H16ClN3O3. The first-order chi connectivity index (χ1) is 9.10. The zero-order valence-electron chi connectivity index (χ0n) is 10.6. The van der Waals surface area contributed by atoms with Crippen LogP contribution in [0.1, 0.15) is 36.0 Å². The van der Waals surface area contributed by atoms with Crippen LogP contribution in [0.3, 0.4) is 0 Å². The van der Waals surface area contributed by atoms with Crippen LogP contribution in [0.25, 0.3) is 0 Å². The van der Waals surface area contributed by atoms with Crippen molar-refractivity contribution in [2.45, 2.75) is 37.8 Å². The number of nitrogens with zero attached hydrogens (tertiary/aromatic N) is 2. The van der Waals surface area contributed by atoms with Gasteiger partial charge in [-0.25, -0.2) is 9.78 Å². The van der Waals surface area contributed by atoms with Crippen molar-refractivity contribution in [2.24, 2.45) is 0 Å². The lowest BCUT2D eigenvalue weighted by Crippen LogP contribution is -2.31. The number of hydrogen-bond donors (Lipinski definition) is 2. The number of aliphatic hydroxyl groups excluding tert-OH is 1. The van der Waals surface area contributed by atoms with Crippen molar-refractivity contribution in [3.8, 4) is 0 Å². The number of aromatic nitrogens is 2. The molecule has 0 aromatic carbocycles. The third-order valence-corrected chi connectivity index (χ3v) is 3.33. The van der Waals surface area contributed by atoms with Gasteiger partial charge in [-0.2, -0.15) is 4.98 Å². The fourth-order valence-corrected chi connectivity index (χ4v) is 2.35. The summed E-state index contributed by atoms with van der Waals surface area (Å²) in [7, 11) is 1.30. The van der Waals surface area contributed by atoms with Crippen LogP contribution in [0.4, 0.5) is 5.82 Å². The average molecular weight is 286 g/mol. The molecule has 1 aliphatic rings. The minimum absolute atomic E-state index is 0.0616. The molecule has 1 aliphatic carbocycles. The lowest BCUT2D eigenvalue weighted by atomic mass is 9.93. The van der Waals surface area contributed by atoms with E-state index < -0.39 is 5.97 Å². The molecule has 0 amide bonds. The van der Waals surface area contributed by atoms with E-state index in [0.717, 1.165) is 19.3 Å². The van der Waals surface area contributed by atoms with E-state index in [1.54, 1.807) is 0 Å². The highest BCUT2D eigenvalue weighted by molar-refractivity contribution is 6.28. The van der Waals surface area contributed by atoms with Crippen molar-refractivity contribution in [3.05, 3.63) is 17.0 Å². The van der Waals surface area contributed by atoms with Crippen molar-refractivity contribution in [2.75, 3.05) is 12.4 Å². The molecule has 19 heavy (non-hydrogen) atoms. The minimum atomic E-state index is -0.518. The van der Waals surface area contributed by atoms with Crippen LogP contribution in [0.5, 0.6) is 0 Å². The Labute approximate surface area is 116 Å². The van der Waals surface area contributed by atoms with Crippen molar-refractivity contribution in [3.63, 3.8) is 0 Å². The standard InChI is InChI=1S/C12H16ClN3O3/c1-19-11(18)9-6-14-12(13)16-10(9)15-7-3-2-4-8(17)5-7/h6-8,17H,2-5H2,1H3,(H,14,15,16)/t7-,8+/m1/s1. The zero-order chi connectivity index (χ0) is 13.8. The largest absolute Gasteiger partial charge is 0.465 e. The number of anilines is 1. The Bertz CT molecular complexity index is 470. The van der Waals surface area contributed by atoms with E-state index in [4.69, 9.17) is 11.6 Å². The van der Waals surface area contributed by atoms with E-state index in [1.165, 1.54) is 13.3 Å². The first kappa shape index (κ1) is 14.0. The predicted octanol–water partition coefficient (Wildman–Crippen LogP) is 1.63. The van der Waals surface area contributed by atoms with Gasteiger partial charge in [-0.15, -0.1) is 0 Å². The minimum Gasteiger partial charge on any atom is -0.465 e. The summed E-state index contributed by atoms with van der Waals surface area (Å²) in [6.07, 6.45) is 4.31. The number of halogens is 1. The average Bonchev–Trinajstić information content (AvgIpc) is 2.38. The maximum Gasteiger partial charge on any atom is 0.343 e. The Kier molecular flexibility index (Phi) is 4.55. The summed E-state index contributed by atoms with van der Waals surface area (Å²) in [5.41, 5.74) is 0.243. The first-order valence-corrected chi connectivity index (χ1v) is 6.53. The van der Waals surface area contributed by atoms with Crippen LogP contribution in [0.2, 0.25) is 5.28 Å². The monoisotopic (exact) mass is 285 g/mol. The molecule has 7 heteroatoms. The van der Waals surface area contributed by atoms with Gasteiger partial charge in [0.15, 0.2) is 0 Å². The van der Waals surface area contributed by atoms with Gasteiger partial charge < -0.3 is 15.2 Å². The van der Waals surface area contributed by atoms with Gasteiger partial charge in [0.05, 0.1) is 13.2 Å². The number of nitrogens with one attached hydrogen (secondary N) is 1. The molecule has 2 N–H and O–H groups in total. The van der Waals surface area contributed by atoms with Gasteiger partial charge in [-0.05, 0) is 37.3 Å². The molecule has 1 saturated carbocycles. The van der Waals surface area contributed by atoms with Crippen LogP contribution in [-0.4, -0.2) is 40.3 Å². The molecule has 1 aromatic rings. The SMILES string of the molecule is COC(=O)c1cnc(Cl)nc1N[C@@H]1CCC[C@H](O)C1. The van der Waals surface area contributed by atoms with Gasteiger partial charge in [0.1, 0.15) is 11.4 Å². The second-order valence-corrected chi connectivity index (χ2v) is 4.89. The van der Waals surface area contributed by atoms with E-state index in [2.05, 4.69) is 20.0 Å². The summed E-state index contributed by atoms with van der Waals surface area (Å²) in [6.45, 7) is 0. The van der Waals surface area contributed by atoms with Crippen LogP contribution < -0.4 is 5.32 Å². The number of aliphatic hydroxyl groups is 1. The number of rotatable bonds is 3. The second kappa shape index (κ2) is 6.16. The summed E-state index contributed by atoms with van der Waals surface area (Å²) >= 11 is 5.75.